The molecule has 0 amide bonds. The fraction of sp³-hybridized carbons (Fsp3) is 0.667. The highest BCUT2D eigenvalue weighted by molar-refractivity contribution is 5.75. The van der Waals surface area contributed by atoms with Crippen molar-refractivity contribution in [3.8, 4) is 0 Å². The number of rotatable bonds is 1. The normalized spacial score (nSPS) is 16.6. The molecule has 6 nitrogen and oxygen atoms in total. The zero-order valence-electron chi connectivity index (χ0n) is 4.68. The van der Waals surface area contributed by atoms with Crippen LogP contribution in [0.1, 0.15) is 0 Å². The summed E-state index contributed by atoms with van der Waals surface area (Å²) in [5.41, 5.74) is 0. The van der Waals surface area contributed by atoms with E-state index in [-0.39, 0.29) is 0 Å². The Kier molecular flexibility index (Phi) is 1.48. The monoisotopic (exact) mass is 128 g/mol. The number of carbonyl (C=O) groups excluding carboxylic acids is 1. The van der Waals surface area contributed by atoms with Crippen LogP contribution in [-0.4, -0.2) is 19.2 Å². The van der Waals surface area contributed by atoms with E-state index in [1.165, 1.54) is 7.11 Å². The van der Waals surface area contributed by atoms with Gasteiger partial charge in [0.1, 0.15) is 0 Å². The van der Waals surface area contributed by atoms with Crippen molar-refractivity contribution < 1.29 is 9.53 Å². The molecule has 0 aromatic rings. The maximum atomic E-state index is 10.5. The van der Waals surface area contributed by atoms with Gasteiger partial charge >= 0.3 is 5.97 Å². The summed E-state index contributed by atoms with van der Waals surface area (Å²) >= 11 is 0. The molecule has 6 heteroatoms. The molecule has 48 valence electrons. The quantitative estimate of drug-likeness (QED) is 0.477. The van der Waals surface area contributed by atoms with E-state index >= 15 is 0 Å². The van der Waals surface area contributed by atoms with Gasteiger partial charge in [0.2, 0.25) is 0 Å². The molecular formula is C3H4N4O2. The molecule has 1 aliphatic heterocycles. The van der Waals surface area contributed by atoms with Gasteiger partial charge in [0.15, 0.2) is 0 Å². The second-order valence-electron chi connectivity index (χ2n) is 1.31. The van der Waals surface area contributed by atoms with Gasteiger partial charge in [0.25, 0.3) is 6.17 Å². The minimum Gasteiger partial charge on any atom is -0.466 e. The Morgan fingerprint density at radius 3 is 2.44 bits per heavy atom. The fourth-order valence-corrected chi connectivity index (χ4v) is 0.367. The van der Waals surface area contributed by atoms with E-state index < -0.39 is 12.1 Å². The lowest BCUT2D eigenvalue weighted by molar-refractivity contribution is -0.141. The molecule has 0 saturated carbocycles. The van der Waals surface area contributed by atoms with Crippen LogP contribution in [0.25, 0.3) is 0 Å². The highest BCUT2D eigenvalue weighted by Crippen LogP contribution is 2.04. The molecule has 0 saturated heterocycles. The van der Waals surface area contributed by atoms with Gasteiger partial charge in [-0.05, 0) is 10.4 Å². The van der Waals surface area contributed by atoms with Crippen molar-refractivity contribution in [3.05, 3.63) is 0 Å². The molecule has 0 atom stereocenters. The molecule has 1 heterocycles. The number of carbonyl (C=O) groups is 1. The third-order valence-corrected chi connectivity index (χ3v) is 0.774. The largest absolute Gasteiger partial charge is 0.466 e. The van der Waals surface area contributed by atoms with Crippen LogP contribution in [0.15, 0.2) is 20.7 Å². The molecule has 0 fully saturated rings. The van der Waals surface area contributed by atoms with Gasteiger partial charge in [-0.3, -0.25) is 0 Å². The van der Waals surface area contributed by atoms with Crippen molar-refractivity contribution >= 4 is 5.97 Å². The van der Waals surface area contributed by atoms with Crippen LogP contribution < -0.4 is 0 Å². The van der Waals surface area contributed by atoms with Gasteiger partial charge in [-0.2, -0.15) is 0 Å². The summed E-state index contributed by atoms with van der Waals surface area (Å²) in [7, 11) is 1.26. The third-order valence-electron chi connectivity index (χ3n) is 0.774. The number of esters is 1. The van der Waals surface area contributed by atoms with Crippen LogP contribution in [0.3, 0.4) is 0 Å². The molecule has 1 rings (SSSR count). The lowest BCUT2D eigenvalue weighted by Crippen LogP contribution is -2.15. The van der Waals surface area contributed by atoms with Gasteiger partial charge in [0, 0.05) is 0 Å². The predicted molar refractivity (Wildman–Crippen MR) is 25.5 cm³/mol. The highest BCUT2D eigenvalue weighted by Gasteiger charge is 2.19. The molecular weight excluding hydrogens is 124 g/mol. The molecule has 0 aromatic carbocycles. The fourth-order valence-electron chi connectivity index (χ4n) is 0.367. The summed E-state index contributed by atoms with van der Waals surface area (Å²) < 4.78 is 4.29. The molecule has 0 spiro atoms. The van der Waals surface area contributed by atoms with E-state index in [1.807, 2.05) is 0 Å². The summed E-state index contributed by atoms with van der Waals surface area (Å²) in [4.78, 5) is 10.5. The Hall–Kier alpha value is -1.33. The van der Waals surface area contributed by atoms with Crippen molar-refractivity contribution in [1.82, 2.24) is 0 Å². The standard InChI is InChI=1S/C3H4N4O2/c1-9-3(8)2-4-6-7-5-2/h2H,1H3. The SMILES string of the molecule is COC(=O)C1N=NN=N1. The minimum absolute atomic E-state index is 0.542. The van der Waals surface area contributed by atoms with Crippen LogP contribution in [0.5, 0.6) is 0 Å². The molecule has 0 aliphatic carbocycles. The Balaban J connectivity index is 2.53. The average Bonchev–Trinajstić information content (AvgIpc) is 2.37. The van der Waals surface area contributed by atoms with E-state index in [2.05, 4.69) is 25.4 Å². The lowest BCUT2D eigenvalue weighted by Gasteiger charge is -1.94. The van der Waals surface area contributed by atoms with Crippen LogP contribution in [-0.2, 0) is 9.53 Å². The highest BCUT2D eigenvalue weighted by atomic mass is 16.5. The van der Waals surface area contributed by atoms with E-state index in [4.69, 9.17) is 0 Å². The zero-order chi connectivity index (χ0) is 6.69. The summed E-state index contributed by atoms with van der Waals surface area (Å²) in [6.07, 6.45) is -0.866. The predicted octanol–water partition coefficient (Wildman–Crippen LogP) is 0.318. The first-order valence-electron chi connectivity index (χ1n) is 2.22. The first-order valence-corrected chi connectivity index (χ1v) is 2.22. The van der Waals surface area contributed by atoms with Gasteiger partial charge in [0.05, 0.1) is 7.11 Å². The molecule has 0 radical (unpaired) electrons. The first kappa shape index (κ1) is 5.80. The molecule has 0 N–H and O–H groups in total. The number of hydrogen-bond donors (Lipinski definition) is 0. The van der Waals surface area contributed by atoms with E-state index in [0.717, 1.165) is 0 Å². The topological polar surface area (TPSA) is 75.7 Å². The van der Waals surface area contributed by atoms with E-state index in [9.17, 15) is 4.79 Å². The van der Waals surface area contributed by atoms with Gasteiger partial charge in [-0.15, -0.1) is 10.2 Å². The lowest BCUT2D eigenvalue weighted by atomic mass is 10.6. The summed E-state index contributed by atoms with van der Waals surface area (Å²) in [6.45, 7) is 0. The van der Waals surface area contributed by atoms with Crippen LogP contribution in [0.2, 0.25) is 0 Å². The zero-order valence-corrected chi connectivity index (χ0v) is 4.68. The molecule has 0 bridgehead atoms. The van der Waals surface area contributed by atoms with Crippen molar-refractivity contribution in [2.75, 3.05) is 7.11 Å². The molecule has 9 heavy (non-hydrogen) atoms. The first-order chi connectivity index (χ1) is 4.34. The Morgan fingerprint density at radius 2 is 2.00 bits per heavy atom. The van der Waals surface area contributed by atoms with Crippen molar-refractivity contribution in [2.24, 2.45) is 20.7 Å². The summed E-state index contributed by atoms with van der Waals surface area (Å²) in [5, 5.41) is 12.9. The maximum Gasteiger partial charge on any atom is 0.357 e. The van der Waals surface area contributed by atoms with Crippen LogP contribution in [0.4, 0.5) is 0 Å². The number of nitrogens with zero attached hydrogens (tertiary/aromatic N) is 4. The summed E-state index contributed by atoms with van der Waals surface area (Å²) in [6, 6.07) is 0. The van der Waals surface area contributed by atoms with Gasteiger partial charge in [-0.1, -0.05) is 0 Å². The van der Waals surface area contributed by atoms with E-state index in [0.29, 0.717) is 0 Å². The molecule has 1 aliphatic rings. The Labute approximate surface area is 50.6 Å². The Morgan fingerprint density at radius 1 is 1.44 bits per heavy atom. The number of hydrogen-bond acceptors (Lipinski definition) is 6. The van der Waals surface area contributed by atoms with Crippen molar-refractivity contribution in [1.29, 1.82) is 0 Å². The van der Waals surface area contributed by atoms with Crippen molar-refractivity contribution in [3.63, 3.8) is 0 Å². The molecule has 0 aromatic heterocycles. The number of methoxy groups -OCH3 is 1. The Bertz CT molecular complexity index is 163. The second kappa shape index (κ2) is 2.29. The van der Waals surface area contributed by atoms with Crippen LogP contribution in [0, 0.1) is 0 Å². The maximum absolute atomic E-state index is 10.5. The number of ether oxygens (including phenoxy) is 1. The van der Waals surface area contributed by atoms with Crippen molar-refractivity contribution in [2.45, 2.75) is 6.17 Å². The summed E-state index contributed by atoms with van der Waals surface area (Å²) in [5.74, 6) is -0.542. The van der Waals surface area contributed by atoms with E-state index in [1.54, 1.807) is 0 Å². The molecule has 0 unspecified atom stereocenters. The van der Waals surface area contributed by atoms with Crippen LogP contribution >= 0.6 is 0 Å². The van der Waals surface area contributed by atoms with Gasteiger partial charge < -0.3 is 4.74 Å². The third kappa shape index (κ3) is 1.07. The minimum atomic E-state index is -0.866. The smallest absolute Gasteiger partial charge is 0.357 e. The van der Waals surface area contributed by atoms with Gasteiger partial charge in [-0.25, -0.2) is 4.79 Å². The average molecular weight is 128 g/mol. The second-order valence-corrected chi connectivity index (χ2v) is 1.31.